The van der Waals surface area contributed by atoms with Crippen molar-refractivity contribution < 1.29 is 0 Å². The fourth-order valence-corrected chi connectivity index (χ4v) is 8.25. The Hall–Kier alpha value is -8.28. The number of aromatic nitrogens is 4. The minimum absolute atomic E-state index is 0.597. The van der Waals surface area contributed by atoms with Gasteiger partial charge in [-0.2, -0.15) is 0 Å². The van der Waals surface area contributed by atoms with Crippen molar-refractivity contribution in [2.75, 3.05) is 0 Å². The predicted molar refractivity (Wildman–Crippen MR) is 258 cm³/mol. The third kappa shape index (κ3) is 6.94. The number of rotatable bonds is 9. The topological polar surface area (TPSA) is 56.0 Å². The highest BCUT2D eigenvalue weighted by Gasteiger charge is 2.16. The molecular weight excluding hydrogens is 743 g/mol. The zero-order chi connectivity index (χ0) is 41.3. The van der Waals surface area contributed by atoms with Crippen molar-refractivity contribution in [2.45, 2.75) is 0 Å². The second-order valence-electron chi connectivity index (χ2n) is 15.0. The van der Waals surface area contributed by atoms with Crippen LogP contribution in [0.15, 0.2) is 200 Å². The lowest BCUT2D eigenvalue weighted by atomic mass is 9.94. The van der Waals surface area contributed by atoms with E-state index in [4.69, 9.17) is 15.0 Å². The van der Waals surface area contributed by atoms with Crippen molar-refractivity contribution in [1.29, 1.82) is 0 Å². The van der Waals surface area contributed by atoms with Gasteiger partial charge in [-0.3, -0.25) is 4.99 Å². The highest BCUT2D eigenvalue weighted by Crippen LogP contribution is 2.34. The number of fused-ring (bicyclic) bond motifs is 6. The van der Waals surface area contributed by atoms with E-state index in [0.29, 0.717) is 17.5 Å². The number of aliphatic imine (C=N–C) groups is 1. The number of nitrogens with zero attached hydrogens (tertiary/aromatic N) is 5. The summed E-state index contributed by atoms with van der Waals surface area (Å²) >= 11 is 0. The average molecular weight is 782 g/mol. The van der Waals surface area contributed by atoms with Crippen LogP contribution in [0.5, 0.6) is 0 Å². The van der Waals surface area contributed by atoms with Crippen molar-refractivity contribution in [1.82, 2.24) is 19.5 Å². The lowest BCUT2D eigenvalue weighted by molar-refractivity contribution is 1.07. The molecule has 0 aliphatic heterocycles. The molecule has 61 heavy (non-hydrogen) atoms. The number of allylic oxidation sites excluding steroid dienone is 3. The summed E-state index contributed by atoms with van der Waals surface area (Å²) in [6.07, 6.45) is 9.64. The summed E-state index contributed by atoms with van der Waals surface area (Å²) in [4.78, 5) is 18.8. The van der Waals surface area contributed by atoms with Crippen LogP contribution < -0.4 is 10.4 Å². The quantitative estimate of drug-likeness (QED) is 0.0832. The van der Waals surface area contributed by atoms with E-state index in [0.717, 1.165) is 76.6 Å². The second kappa shape index (κ2) is 15.8. The van der Waals surface area contributed by atoms with Gasteiger partial charge in [-0.1, -0.05) is 159 Å². The van der Waals surface area contributed by atoms with Crippen LogP contribution in [0, 0.1) is 0 Å². The number of para-hydroxylation sites is 2. The second-order valence-corrected chi connectivity index (χ2v) is 15.0. The Balaban J connectivity index is 1.07. The minimum Gasteiger partial charge on any atom is -0.309 e. The SMILES string of the molecule is C=N/C=C\C=C\c1ccc(-c2nc(-c3ccccc3)nc(-c3ccc4c(=C)/c(=C\C(=C)c5ccc6c(c5)c5ccccc5n6-c5ccccc5)c5ccccc5c4c3)n2)cc1. The van der Waals surface area contributed by atoms with Crippen molar-refractivity contribution in [3.8, 4) is 39.9 Å². The Bertz CT molecular complexity index is 3510. The molecule has 0 fully saturated rings. The van der Waals surface area contributed by atoms with Gasteiger partial charge in [0, 0.05) is 39.4 Å². The van der Waals surface area contributed by atoms with Crippen LogP contribution in [0.4, 0.5) is 0 Å². The Labute approximate surface area is 353 Å². The van der Waals surface area contributed by atoms with E-state index < -0.39 is 0 Å². The summed E-state index contributed by atoms with van der Waals surface area (Å²) in [5.74, 6) is 1.81. The molecule has 0 aliphatic rings. The Morgan fingerprint density at radius 3 is 1.85 bits per heavy atom. The fraction of sp³-hybridized carbons (Fsp3) is 0. The van der Waals surface area contributed by atoms with E-state index in [1.165, 1.54) is 16.3 Å². The molecule has 5 heteroatoms. The highest BCUT2D eigenvalue weighted by molar-refractivity contribution is 6.12. The van der Waals surface area contributed by atoms with Gasteiger partial charge in [-0.25, -0.2) is 15.0 Å². The van der Waals surface area contributed by atoms with Crippen LogP contribution in [-0.4, -0.2) is 26.2 Å². The first-order valence-corrected chi connectivity index (χ1v) is 20.2. The third-order valence-electron chi connectivity index (χ3n) is 11.2. The van der Waals surface area contributed by atoms with Crippen molar-refractivity contribution in [2.24, 2.45) is 4.99 Å². The molecule has 10 rings (SSSR count). The van der Waals surface area contributed by atoms with Gasteiger partial charge in [0.1, 0.15) is 0 Å². The van der Waals surface area contributed by atoms with Crippen LogP contribution >= 0.6 is 0 Å². The smallest absolute Gasteiger partial charge is 0.164 e. The molecule has 5 nitrogen and oxygen atoms in total. The van der Waals surface area contributed by atoms with Gasteiger partial charge in [-0.05, 0) is 104 Å². The molecule has 0 N–H and O–H groups in total. The number of hydrogen-bond donors (Lipinski definition) is 0. The van der Waals surface area contributed by atoms with Crippen LogP contribution in [0.3, 0.4) is 0 Å². The highest BCUT2D eigenvalue weighted by atomic mass is 15.0. The molecule has 2 aromatic heterocycles. The Morgan fingerprint density at radius 1 is 0.508 bits per heavy atom. The van der Waals surface area contributed by atoms with E-state index in [9.17, 15) is 0 Å². The Morgan fingerprint density at radius 2 is 1.11 bits per heavy atom. The zero-order valence-electron chi connectivity index (χ0n) is 33.4. The summed E-state index contributed by atoms with van der Waals surface area (Å²) < 4.78 is 2.33. The molecule has 0 amide bonds. The van der Waals surface area contributed by atoms with Gasteiger partial charge >= 0.3 is 0 Å². The van der Waals surface area contributed by atoms with Crippen LogP contribution in [0.2, 0.25) is 0 Å². The van der Waals surface area contributed by atoms with Gasteiger partial charge in [-0.15, -0.1) is 0 Å². The first-order chi connectivity index (χ1) is 30.0. The number of hydrogen-bond acceptors (Lipinski definition) is 4. The largest absolute Gasteiger partial charge is 0.309 e. The maximum Gasteiger partial charge on any atom is 0.164 e. The van der Waals surface area contributed by atoms with E-state index in [-0.39, 0.29) is 0 Å². The molecule has 288 valence electrons. The third-order valence-corrected chi connectivity index (χ3v) is 11.2. The lowest BCUT2D eigenvalue weighted by Crippen LogP contribution is -2.25. The molecule has 0 saturated heterocycles. The Kier molecular flexibility index (Phi) is 9.60. The lowest BCUT2D eigenvalue weighted by Gasteiger charge is -2.12. The summed E-state index contributed by atoms with van der Waals surface area (Å²) in [6.45, 7) is 12.8. The van der Waals surface area contributed by atoms with Crippen molar-refractivity contribution in [3.05, 3.63) is 216 Å². The maximum atomic E-state index is 5.07. The molecule has 8 aromatic carbocycles. The van der Waals surface area contributed by atoms with E-state index >= 15 is 0 Å². The van der Waals surface area contributed by atoms with Gasteiger partial charge < -0.3 is 4.57 Å². The molecule has 0 aliphatic carbocycles. The van der Waals surface area contributed by atoms with Crippen LogP contribution in [0.1, 0.15) is 11.1 Å². The molecule has 0 saturated carbocycles. The van der Waals surface area contributed by atoms with Crippen molar-refractivity contribution >= 4 is 74.4 Å². The number of benzene rings is 8. The molecule has 10 aromatic rings. The molecule has 0 bridgehead atoms. The van der Waals surface area contributed by atoms with Gasteiger partial charge in [0.2, 0.25) is 0 Å². The minimum atomic E-state index is 0.597. The average Bonchev–Trinajstić information content (AvgIpc) is 3.66. The van der Waals surface area contributed by atoms with Crippen LogP contribution in [0.25, 0.3) is 108 Å². The monoisotopic (exact) mass is 781 g/mol. The van der Waals surface area contributed by atoms with E-state index in [1.54, 1.807) is 6.20 Å². The van der Waals surface area contributed by atoms with Crippen LogP contribution in [-0.2, 0) is 0 Å². The fourth-order valence-electron chi connectivity index (χ4n) is 8.25. The summed E-state index contributed by atoms with van der Waals surface area (Å²) in [6, 6.07) is 59.0. The summed E-state index contributed by atoms with van der Waals surface area (Å²) in [5, 5.41) is 8.74. The standard InChI is InChI=1S/C56H39N5/c1-37(42-30-32-53-51(35-42)48-23-12-13-24-52(48)61(53)44-19-8-5-9-20-44)34-49-38(2)45-31-29-43(36-50(45)47-22-11-10-21-46(47)49)56-59-54(40-17-6-4-7-18-40)58-55(60-56)41-27-25-39(26-28-41)16-14-15-33-57-3/h4-36H,1-3H2/b16-14+,33-15-,49-34+. The van der Waals surface area contributed by atoms with Gasteiger partial charge in [0.25, 0.3) is 0 Å². The normalized spacial score (nSPS) is 12.1. The molecule has 0 spiro atoms. The summed E-state index contributed by atoms with van der Waals surface area (Å²) in [5.41, 5.74) is 9.21. The summed E-state index contributed by atoms with van der Waals surface area (Å²) in [7, 11) is 0. The predicted octanol–water partition coefficient (Wildman–Crippen LogP) is 12.4. The maximum absolute atomic E-state index is 5.07. The van der Waals surface area contributed by atoms with Gasteiger partial charge in [0.05, 0.1) is 11.0 Å². The molecule has 2 heterocycles. The molecular formula is C56H39N5. The molecule has 0 radical (unpaired) electrons. The zero-order valence-corrected chi connectivity index (χ0v) is 33.4. The van der Waals surface area contributed by atoms with Gasteiger partial charge in [0.15, 0.2) is 17.5 Å². The first-order valence-electron chi connectivity index (χ1n) is 20.2. The molecule has 0 atom stereocenters. The van der Waals surface area contributed by atoms with E-state index in [1.807, 2.05) is 60.7 Å². The first kappa shape index (κ1) is 37.0. The van der Waals surface area contributed by atoms with Crippen molar-refractivity contribution in [3.63, 3.8) is 0 Å². The van der Waals surface area contributed by atoms with E-state index in [2.05, 4.69) is 163 Å². The molecule has 0 unspecified atom stereocenters.